The standard InChI is InChI=1S/C15H20N4OS/c1-9-6-11(15(16)21)7-13(17-9)19-5-4-12-10(8-19)2-3-14(20)18-12/h6-7,10,12H,2-5,8H2,1H3,(H2,16,21)(H,18,20). The molecular weight excluding hydrogens is 284 g/mol. The van der Waals surface area contributed by atoms with Crippen molar-refractivity contribution < 1.29 is 4.79 Å². The number of amides is 1. The number of aryl methyl sites for hydroxylation is 1. The summed E-state index contributed by atoms with van der Waals surface area (Å²) in [6.45, 7) is 3.78. The molecule has 2 fully saturated rings. The summed E-state index contributed by atoms with van der Waals surface area (Å²) in [5.74, 6) is 1.63. The van der Waals surface area contributed by atoms with E-state index in [-0.39, 0.29) is 5.91 Å². The Kier molecular flexibility index (Phi) is 3.80. The molecule has 3 heterocycles. The zero-order valence-electron chi connectivity index (χ0n) is 12.1. The highest BCUT2D eigenvalue weighted by molar-refractivity contribution is 7.80. The molecule has 1 aromatic rings. The summed E-state index contributed by atoms with van der Waals surface area (Å²) in [5, 5.41) is 3.10. The average Bonchev–Trinajstić information content (AvgIpc) is 2.46. The number of aromatic nitrogens is 1. The second-order valence-electron chi connectivity index (χ2n) is 5.93. The molecule has 3 N–H and O–H groups in total. The van der Waals surface area contributed by atoms with Crippen molar-refractivity contribution >= 4 is 28.9 Å². The second-order valence-corrected chi connectivity index (χ2v) is 6.37. The molecule has 0 bridgehead atoms. The molecule has 1 amide bonds. The molecule has 1 aromatic heterocycles. The van der Waals surface area contributed by atoms with Gasteiger partial charge in [0.1, 0.15) is 10.8 Å². The van der Waals surface area contributed by atoms with Crippen LogP contribution in [0.4, 0.5) is 5.82 Å². The van der Waals surface area contributed by atoms with E-state index in [0.29, 0.717) is 23.4 Å². The van der Waals surface area contributed by atoms with E-state index in [1.54, 1.807) is 0 Å². The molecule has 0 aromatic carbocycles. The fourth-order valence-electron chi connectivity index (χ4n) is 3.27. The predicted octanol–water partition coefficient (Wildman–Crippen LogP) is 1.13. The van der Waals surface area contributed by atoms with Crippen molar-refractivity contribution in [2.45, 2.75) is 32.2 Å². The number of carbonyl (C=O) groups is 1. The molecule has 5 nitrogen and oxygen atoms in total. The first-order valence-corrected chi connectivity index (χ1v) is 7.76. The SMILES string of the molecule is Cc1cc(C(N)=S)cc(N2CCC3NC(=O)CCC3C2)n1. The van der Waals surface area contributed by atoms with E-state index in [1.165, 1.54) is 0 Å². The van der Waals surface area contributed by atoms with E-state index in [0.717, 1.165) is 43.0 Å². The van der Waals surface area contributed by atoms with Gasteiger partial charge in [0.15, 0.2) is 0 Å². The van der Waals surface area contributed by atoms with Crippen LogP contribution in [0.15, 0.2) is 12.1 Å². The molecule has 0 aliphatic carbocycles. The summed E-state index contributed by atoms with van der Waals surface area (Å²) >= 11 is 5.07. The van der Waals surface area contributed by atoms with E-state index in [2.05, 4.69) is 15.2 Å². The van der Waals surface area contributed by atoms with Gasteiger partial charge in [-0.15, -0.1) is 0 Å². The van der Waals surface area contributed by atoms with Gasteiger partial charge in [0, 0.05) is 36.8 Å². The first kappa shape index (κ1) is 14.3. The smallest absolute Gasteiger partial charge is 0.220 e. The van der Waals surface area contributed by atoms with Crippen molar-refractivity contribution in [3.8, 4) is 0 Å². The molecule has 112 valence electrons. The lowest BCUT2D eigenvalue weighted by molar-refractivity contribution is -0.124. The van der Waals surface area contributed by atoms with Gasteiger partial charge in [-0.3, -0.25) is 4.79 Å². The van der Waals surface area contributed by atoms with E-state index >= 15 is 0 Å². The first-order valence-electron chi connectivity index (χ1n) is 7.36. The Morgan fingerprint density at radius 2 is 2.29 bits per heavy atom. The summed E-state index contributed by atoms with van der Waals surface area (Å²) in [4.78, 5) is 18.8. The quantitative estimate of drug-likeness (QED) is 0.802. The number of nitrogens with one attached hydrogen (secondary N) is 1. The second kappa shape index (κ2) is 5.60. The van der Waals surface area contributed by atoms with Gasteiger partial charge in [-0.05, 0) is 37.8 Å². The summed E-state index contributed by atoms with van der Waals surface area (Å²) < 4.78 is 0. The van der Waals surface area contributed by atoms with Crippen molar-refractivity contribution in [2.75, 3.05) is 18.0 Å². The number of anilines is 1. The van der Waals surface area contributed by atoms with Gasteiger partial charge < -0.3 is 16.0 Å². The van der Waals surface area contributed by atoms with Crippen LogP contribution in [0.3, 0.4) is 0 Å². The number of nitrogens with zero attached hydrogens (tertiary/aromatic N) is 2. The van der Waals surface area contributed by atoms with Crippen LogP contribution in [-0.2, 0) is 4.79 Å². The molecule has 21 heavy (non-hydrogen) atoms. The van der Waals surface area contributed by atoms with Crippen LogP contribution >= 0.6 is 12.2 Å². The Labute approximate surface area is 129 Å². The third kappa shape index (κ3) is 3.00. The fourth-order valence-corrected chi connectivity index (χ4v) is 3.39. The van der Waals surface area contributed by atoms with E-state index < -0.39 is 0 Å². The summed E-state index contributed by atoms with van der Waals surface area (Å²) in [6.07, 6.45) is 2.56. The van der Waals surface area contributed by atoms with Crippen LogP contribution in [0.1, 0.15) is 30.5 Å². The Balaban J connectivity index is 1.79. The number of piperidine rings is 2. The summed E-state index contributed by atoms with van der Waals surface area (Å²) in [5.41, 5.74) is 7.53. The Morgan fingerprint density at radius 1 is 1.48 bits per heavy atom. The Morgan fingerprint density at radius 3 is 3.05 bits per heavy atom. The maximum absolute atomic E-state index is 11.5. The molecule has 2 aliphatic rings. The number of carbonyl (C=O) groups excluding carboxylic acids is 1. The maximum Gasteiger partial charge on any atom is 0.220 e. The van der Waals surface area contributed by atoms with Crippen LogP contribution in [-0.4, -0.2) is 35.0 Å². The molecule has 6 heteroatoms. The lowest BCUT2D eigenvalue weighted by Gasteiger charge is -2.42. The maximum atomic E-state index is 11.5. The van der Waals surface area contributed by atoms with E-state index in [4.69, 9.17) is 18.0 Å². The lowest BCUT2D eigenvalue weighted by atomic mass is 9.85. The van der Waals surface area contributed by atoms with E-state index in [1.807, 2.05) is 19.1 Å². The topological polar surface area (TPSA) is 71.2 Å². The Hall–Kier alpha value is -1.69. The normalized spacial score (nSPS) is 25.2. The van der Waals surface area contributed by atoms with Crippen LogP contribution < -0.4 is 16.0 Å². The molecule has 3 rings (SSSR count). The number of nitrogens with two attached hydrogens (primary N) is 1. The van der Waals surface area contributed by atoms with Crippen LogP contribution in [0.2, 0.25) is 0 Å². The molecule has 0 radical (unpaired) electrons. The zero-order chi connectivity index (χ0) is 15.0. The van der Waals surface area contributed by atoms with Crippen molar-refractivity contribution in [3.63, 3.8) is 0 Å². The summed E-state index contributed by atoms with van der Waals surface area (Å²) in [6, 6.07) is 4.21. The van der Waals surface area contributed by atoms with Crippen LogP contribution in [0.5, 0.6) is 0 Å². The third-order valence-electron chi connectivity index (χ3n) is 4.37. The molecule has 2 saturated heterocycles. The number of hydrogen-bond donors (Lipinski definition) is 2. The predicted molar refractivity (Wildman–Crippen MR) is 86.3 cm³/mol. The average molecular weight is 304 g/mol. The highest BCUT2D eigenvalue weighted by Crippen LogP contribution is 2.28. The monoisotopic (exact) mass is 304 g/mol. The molecule has 2 aliphatic heterocycles. The van der Waals surface area contributed by atoms with Gasteiger partial charge >= 0.3 is 0 Å². The number of rotatable bonds is 2. The number of thiocarbonyl (C=S) groups is 1. The largest absolute Gasteiger partial charge is 0.389 e. The summed E-state index contributed by atoms with van der Waals surface area (Å²) in [7, 11) is 0. The number of fused-ring (bicyclic) bond motifs is 1. The first-order chi connectivity index (χ1) is 10.0. The highest BCUT2D eigenvalue weighted by atomic mass is 32.1. The number of pyridine rings is 1. The van der Waals surface area contributed by atoms with Crippen LogP contribution in [0, 0.1) is 12.8 Å². The zero-order valence-corrected chi connectivity index (χ0v) is 12.9. The number of hydrogen-bond acceptors (Lipinski definition) is 4. The molecule has 2 atom stereocenters. The lowest BCUT2D eigenvalue weighted by Crippen LogP contribution is -2.54. The molecule has 2 unspecified atom stereocenters. The highest BCUT2D eigenvalue weighted by Gasteiger charge is 2.34. The van der Waals surface area contributed by atoms with Crippen molar-refractivity contribution in [1.82, 2.24) is 10.3 Å². The van der Waals surface area contributed by atoms with Gasteiger partial charge in [0.2, 0.25) is 5.91 Å². The van der Waals surface area contributed by atoms with E-state index in [9.17, 15) is 4.79 Å². The minimum atomic E-state index is 0.189. The van der Waals surface area contributed by atoms with Crippen molar-refractivity contribution in [2.24, 2.45) is 11.7 Å². The minimum Gasteiger partial charge on any atom is -0.389 e. The molecular formula is C15H20N4OS. The molecule has 0 spiro atoms. The van der Waals surface area contributed by atoms with Crippen molar-refractivity contribution in [1.29, 1.82) is 0 Å². The Bertz CT molecular complexity index is 589. The van der Waals surface area contributed by atoms with Gasteiger partial charge in [0.05, 0.1) is 0 Å². The van der Waals surface area contributed by atoms with Gasteiger partial charge in [-0.2, -0.15) is 0 Å². The molecule has 0 saturated carbocycles. The van der Waals surface area contributed by atoms with Gasteiger partial charge in [-0.1, -0.05) is 12.2 Å². The minimum absolute atomic E-state index is 0.189. The van der Waals surface area contributed by atoms with Crippen LogP contribution in [0.25, 0.3) is 0 Å². The van der Waals surface area contributed by atoms with Gasteiger partial charge in [0.25, 0.3) is 0 Å². The van der Waals surface area contributed by atoms with Gasteiger partial charge in [-0.25, -0.2) is 4.98 Å². The fraction of sp³-hybridized carbons (Fsp3) is 0.533. The third-order valence-corrected chi connectivity index (χ3v) is 4.61. The van der Waals surface area contributed by atoms with Crippen molar-refractivity contribution in [3.05, 3.63) is 23.4 Å².